The summed E-state index contributed by atoms with van der Waals surface area (Å²) in [6.45, 7) is 6.87. The second-order valence-corrected chi connectivity index (χ2v) is 7.96. The smallest absolute Gasteiger partial charge is 0.253 e. The van der Waals surface area contributed by atoms with Crippen LogP contribution < -0.4 is 4.90 Å². The van der Waals surface area contributed by atoms with Crippen molar-refractivity contribution in [2.24, 2.45) is 11.8 Å². The Kier molecular flexibility index (Phi) is 6.16. The fourth-order valence-electron chi connectivity index (χ4n) is 3.97. The predicted molar refractivity (Wildman–Crippen MR) is 105 cm³/mol. The molecule has 0 unspecified atom stereocenters. The van der Waals surface area contributed by atoms with E-state index in [1.165, 1.54) is 0 Å². The van der Waals surface area contributed by atoms with Gasteiger partial charge in [0.25, 0.3) is 5.91 Å². The number of hydrogen-bond acceptors (Lipinski definition) is 5. The average Bonchev–Trinajstić information content (AvgIpc) is 3.06. The van der Waals surface area contributed by atoms with Gasteiger partial charge in [-0.1, -0.05) is 0 Å². The third-order valence-corrected chi connectivity index (χ3v) is 5.82. The zero-order valence-corrected chi connectivity index (χ0v) is 16.3. The van der Waals surface area contributed by atoms with E-state index in [1.807, 2.05) is 48.2 Å². The summed E-state index contributed by atoms with van der Waals surface area (Å²) in [5.74, 6) is 0.614. The Labute approximate surface area is 157 Å². The summed E-state index contributed by atoms with van der Waals surface area (Å²) < 4.78 is 0. The molecule has 0 aromatic heterocycles. The lowest BCUT2D eigenvalue weighted by atomic mass is 9.96. The first kappa shape index (κ1) is 19.1. The van der Waals surface area contributed by atoms with Gasteiger partial charge in [0.2, 0.25) is 0 Å². The number of amides is 1. The fraction of sp³-hybridized carbons (Fsp3) is 0.650. The summed E-state index contributed by atoms with van der Waals surface area (Å²) in [6, 6.07) is 7.77. The van der Waals surface area contributed by atoms with Crippen LogP contribution in [0, 0.1) is 11.8 Å². The Morgan fingerprint density at radius 1 is 1.08 bits per heavy atom. The molecule has 2 aliphatic rings. The molecule has 0 bridgehead atoms. The van der Waals surface area contributed by atoms with E-state index in [0.29, 0.717) is 12.5 Å². The highest BCUT2D eigenvalue weighted by Crippen LogP contribution is 2.26. The lowest BCUT2D eigenvalue weighted by Gasteiger charge is -2.34. The molecule has 0 aliphatic carbocycles. The molecule has 2 saturated heterocycles. The minimum absolute atomic E-state index is 0.0784. The molecule has 0 saturated carbocycles. The average molecular weight is 361 g/mol. The number of aliphatic hydroxyl groups excluding tert-OH is 1. The molecule has 144 valence electrons. The number of likely N-dealkylation sites (tertiary alicyclic amines) is 1. The Morgan fingerprint density at radius 2 is 1.69 bits per heavy atom. The third-order valence-electron chi connectivity index (χ3n) is 5.82. The Morgan fingerprint density at radius 3 is 2.27 bits per heavy atom. The van der Waals surface area contributed by atoms with Gasteiger partial charge in [-0.15, -0.1) is 0 Å². The zero-order chi connectivity index (χ0) is 18.7. The largest absolute Gasteiger partial charge is 0.396 e. The monoisotopic (exact) mass is 360 g/mol. The van der Waals surface area contributed by atoms with Crippen molar-refractivity contribution in [2.45, 2.75) is 0 Å². The molecule has 1 amide bonds. The summed E-state index contributed by atoms with van der Waals surface area (Å²) in [6.07, 6.45) is 0. The standard InChI is InChI=1S/C20H32N4O2/c1-21(2)19-6-4-16(5-7-19)20(26)24-13-17(18(14-24)15-25)12-23-10-8-22(3)9-11-23/h4-7,17-18,25H,8-15H2,1-3H3/t17-,18-/m1/s1. The number of aliphatic hydroxyl groups is 1. The van der Waals surface area contributed by atoms with Gasteiger partial charge in [0.1, 0.15) is 0 Å². The Balaban J connectivity index is 1.61. The minimum Gasteiger partial charge on any atom is -0.396 e. The number of piperazine rings is 1. The normalized spacial score (nSPS) is 24.8. The van der Waals surface area contributed by atoms with Crippen LogP contribution in [-0.4, -0.2) is 99.3 Å². The number of anilines is 1. The maximum absolute atomic E-state index is 12.9. The molecule has 0 spiro atoms. The van der Waals surface area contributed by atoms with Crippen LogP contribution in [0.5, 0.6) is 0 Å². The molecule has 1 aromatic rings. The van der Waals surface area contributed by atoms with Crippen molar-refractivity contribution < 1.29 is 9.90 Å². The number of hydrogen-bond donors (Lipinski definition) is 1. The van der Waals surface area contributed by atoms with Crippen molar-refractivity contribution in [3.63, 3.8) is 0 Å². The first-order chi connectivity index (χ1) is 12.5. The maximum Gasteiger partial charge on any atom is 0.253 e. The second kappa shape index (κ2) is 8.37. The van der Waals surface area contributed by atoms with Gasteiger partial charge in [-0.3, -0.25) is 4.79 Å². The number of rotatable bonds is 5. The van der Waals surface area contributed by atoms with Crippen LogP contribution in [0.15, 0.2) is 24.3 Å². The molecular weight excluding hydrogens is 328 g/mol. The van der Waals surface area contributed by atoms with Crippen LogP contribution in [0.1, 0.15) is 10.4 Å². The number of carbonyl (C=O) groups is 1. The van der Waals surface area contributed by atoms with E-state index in [1.54, 1.807) is 0 Å². The van der Waals surface area contributed by atoms with E-state index in [-0.39, 0.29) is 18.4 Å². The van der Waals surface area contributed by atoms with Crippen LogP contribution in [0.4, 0.5) is 5.69 Å². The lowest BCUT2D eigenvalue weighted by molar-refractivity contribution is 0.0777. The van der Waals surface area contributed by atoms with Gasteiger partial charge < -0.3 is 24.7 Å². The summed E-state index contributed by atoms with van der Waals surface area (Å²) in [7, 11) is 6.14. The minimum atomic E-state index is 0.0784. The van der Waals surface area contributed by atoms with Gasteiger partial charge >= 0.3 is 0 Å². The number of benzene rings is 1. The summed E-state index contributed by atoms with van der Waals surface area (Å²) in [5, 5.41) is 9.81. The zero-order valence-electron chi connectivity index (χ0n) is 16.3. The summed E-state index contributed by atoms with van der Waals surface area (Å²) in [5.41, 5.74) is 1.82. The topological polar surface area (TPSA) is 50.3 Å². The van der Waals surface area contributed by atoms with Crippen LogP contribution in [-0.2, 0) is 0 Å². The molecule has 3 rings (SSSR count). The lowest BCUT2D eigenvalue weighted by Crippen LogP contribution is -2.47. The molecule has 2 aliphatic heterocycles. The van der Waals surface area contributed by atoms with Crippen LogP contribution >= 0.6 is 0 Å². The van der Waals surface area contributed by atoms with Crippen molar-refractivity contribution in [3.05, 3.63) is 29.8 Å². The van der Waals surface area contributed by atoms with Crippen LogP contribution in [0.3, 0.4) is 0 Å². The third kappa shape index (κ3) is 4.37. The highest BCUT2D eigenvalue weighted by molar-refractivity contribution is 5.94. The summed E-state index contributed by atoms with van der Waals surface area (Å²) in [4.78, 5) is 21.7. The number of nitrogens with zero attached hydrogens (tertiary/aromatic N) is 4. The van der Waals surface area contributed by atoms with Crippen molar-refractivity contribution in [1.29, 1.82) is 0 Å². The Bertz CT molecular complexity index is 596. The van der Waals surface area contributed by atoms with Gasteiger partial charge in [-0.05, 0) is 37.2 Å². The molecular formula is C20H32N4O2. The quantitative estimate of drug-likeness (QED) is 0.837. The van der Waals surface area contributed by atoms with Gasteiger partial charge in [0.05, 0.1) is 0 Å². The molecule has 26 heavy (non-hydrogen) atoms. The van der Waals surface area contributed by atoms with Gasteiger partial charge in [-0.25, -0.2) is 0 Å². The molecule has 6 nitrogen and oxygen atoms in total. The highest BCUT2D eigenvalue weighted by Gasteiger charge is 2.36. The Hall–Kier alpha value is -1.63. The molecule has 2 heterocycles. The highest BCUT2D eigenvalue weighted by atomic mass is 16.3. The van der Waals surface area contributed by atoms with Crippen molar-refractivity contribution in [1.82, 2.24) is 14.7 Å². The van der Waals surface area contributed by atoms with Crippen molar-refractivity contribution >= 4 is 11.6 Å². The SMILES string of the molecule is CN1CCN(C[C@@H]2CN(C(=O)c3ccc(N(C)C)cc3)C[C@@H]2CO)CC1. The van der Waals surface area contributed by atoms with E-state index in [4.69, 9.17) is 0 Å². The van der Waals surface area contributed by atoms with E-state index in [0.717, 1.165) is 50.5 Å². The van der Waals surface area contributed by atoms with E-state index in [2.05, 4.69) is 16.8 Å². The van der Waals surface area contributed by atoms with Crippen molar-refractivity contribution in [3.8, 4) is 0 Å². The van der Waals surface area contributed by atoms with E-state index < -0.39 is 0 Å². The molecule has 2 fully saturated rings. The van der Waals surface area contributed by atoms with Crippen LogP contribution in [0.2, 0.25) is 0 Å². The second-order valence-electron chi connectivity index (χ2n) is 7.96. The predicted octanol–water partition coefficient (Wildman–Crippen LogP) is 0.681. The number of carbonyl (C=O) groups excluding carboxylic acids is 1. The van der Waals surface area contributed by atoms with Gasteiger partial charge in [0, 0.05) is 83.7 Å². The maximum atomic E-state index is 12.9. The van der Waals surface area contributed by atoms with E-state index >= 15 is 0 Å². The van der Waals surface area contributed by atoms with E-state index in [9.17, 15) is 9.90 Å². The van der Waals surface area contributed by atoms with Crippen LogP contribution in [0.25, 0.3) is 0 Å². The molecule has 0 radical (unpaired) electrons. The number of likely N-dealkylation sites (N-methyl/N-ethyl adjacent to an activating group) is 1. The van der Waals surface area contributed by atoms with Gasteiger partial charge in [-0.2, -0.15) is 0 Å². The fourth-order valence-corrected chi connectivity index (χ4v) is 3.97. The summed E-state index contributed by atoms with van der Waals surface area (Å²) >= 11 is 0. The molecule has 2 atom stereocenters. The molecule has 1 N–H and O–H groups in total. The molecule has 1 aromatic carbocycles. The van der Waals surface area contributed by atoms with Crippen molar-refractivity contribution in [2.75, 3.05) is 78.5 Å². The van der Waals surface area contributed by atoms with Gasteiger partial charge in [0.15, 0.2) is 0 Å². The first-order valence-corrected chi connectivity index (χ1v) is 9.56. The molecule has 6 heteroatoms. The first-order valence-electron chi connectivity index (χ1n) is 9.56.